The zero-order valence-electron chi connectivity index (χ0n) is 13.4. The second-order valence-corrected chi connectivity index (χ2v) is 6.00. The highest BCUT2D eigenvalue weighted by Crippen LogP contribution is 2.31. The van der Waals surface area contributed by atoms with E-state index in [9.17, 15) is 9.18 Å². The van der Waals surface area contributed by atoms with Crippen molar-refractivity contribution in [3.63, 3.8) is 0 Å². The van der Waals surface area contributed by atoms with Gasteiger partial charge in [-0.25, -0.2) is 4.39 Å². The summed E-state index contributed by atoms with van der Waals surface area (Å²) in [4.78, 5) is 12.2. The van der Waals surface area contributed by atoms with Crippen molar-refractivity contribution in [1.29, 1.82) is 5.26 Å². The lowest BCUT2D eigenvalue weighted by Gasteiger charge is -2.25. The summed E-state index contributed by atoms with van der Waals surface area (Å²) in [6, 6.07) is 5.62. The third-order valence-electron chi connectivity index (χ3n) is 4.25. The van der Waals surface area contributed by atoms with Crippen LogP contribution in [0, 0.1) is 29.0 Å². The van der Waals surface area contributed by atoms with E-state index in [0.717, 1.165) is 44.6 Å². The average molecular weight is 315 g/mol. The van der Waals surface area contributed by atoms with Crippen LogP contribution in [-0.2, 0) is 4.79 Å². The monoisotopic (exact) mass is 315 g/mol. The van der Waals surface area contributed by atoms with Crippen molar-refractivity contribution in [3.05, 3.63) is 41.7 Å². The Morgan fingerprint density at radius 1 is 1.39 bits per heavy atom. The summed E-state index contributed by atoms with van der Waals surface area (Å²) in [5, 5.41) is 8.69. The molecule has 3 nitrogen and oxygen atoms in total. The Kier molecular flexibility index (Phi) is 6.34. The molecule has 0 saturated heterocycles. The second-order valence-electron chi connectivity index (χ2n) is 6.00. The first-order valence-electron chi connectivity index (χ1n) is 8.22. The number of ether oxygens (including phenoxy) is 1. The third kappa shape index (κ3) is 4.92. The third-order valence-corrected chi connectivity index (χ3v) is 4.25. The molecule has 122 valence electrons. The summed E-state index contributed by atoms with van der Waals surface area (Å²) >= 11 is 0. The van der Waals surface area contributed by atoms with Crippen LogP contribution in [-0.4, -0.2) is 5.97 Å². The summed E-state index contributed by atoms with van der Waals surface area (Å²) in [6.45, 7) is 2.16. The number of halogens is 1. The molecule has 4 heteroatoms. The average Bonchev–Trinajstić information content (AvgIpc) is 2.56. The summed E-state index contributed by atoms with van der Waals surface area (Å²) in [7, 11) is 0. The molecule has 0 unspecified atom stereocenters. The van der Waals surface area contributed by atoms with Crippen LogP contribution in [0.15, 0.2) is 30.4 Å². The van der Waals surface area contributed by atoms with Gasteiger partial charge in [0.2, 0.25) is 0 Å². The van der Waals surface area contributed by atoms with Crippen LogP contribution in [0.4, 0.5) is 4.39 Å². The molecule has 1 fully saturated rings. The van der Waals surface area contributed by atoms with Gasteiger partial charge < -0.3 is 4.74 Å². The Bertz CT molecular complexity index is 610. The standard InChI is InChI=1S/C19H22FNO2/c1-2-3-4-5-14-6-8-15(9-7-14)19(22)23-17-11-10-16(13-21)18(20)12-17/h4-5,10-12,14-15H,2-3,6-9H2,1H3/b5-4+. The maximum absolute atomic E-state index is 13.5. The highest BCUT2D eigenvalue weighted by atomic mass is 19.1. The van der Waals surface area contributed by atoms with E-state index in [2.05, 4.69) is 19.1 Å². The zero-order valence-corrected chi connectivity index (χ0v) is 13.4. The first kappa shape index (κ1) is 17.2. The van der Waals surface area contributed by atoms with E-state index in [1.54, 1.807) is 6.07 Å². The molecular weight excluding hydrogens is 293 g/mol. The molecule has 2 rings (SSSR count). The molecule has 0 atom stereocenters. The van der Waals surface area contributed by atoms with Gasteiger partial charge in [0.15, 0.2) is 0 Å². The van der Waals surface area contributed by atoms with Gasteiger partial charge in [-0.1, -0.05) is 25.5 Å². The number of unbranched alkanes of at least 4 members (excludes halogenated alkanes) is 1. The van der Waals surface area contributed by atoms with Crippen molar-refractivity contribution in [2.45, 2.75) is 45.4 Å². The minimum atomic E-state index is -0.664. The van der Waals surface area contributed by atoms with Crippen LogP contribution in [0.5, 0.6) is 5.75 Å². The van der Waals surface area contributed by atoms with Crippen LogP contribution in [0.25, 0.3) is 0 Å². The molecule has 0 heterocycles. The summed E-state index contributed by atoms with van der Waals surface area (Å²) < 4.78 is 18.8. The Morgan fingerprint density at radius 2 is 2.13 bits per heavy atom. The molecule has 0 aromatic heterocycles. The quantitative estimate of drug-likeness (QED) is 0.447. The van der Waals surface area contributed by atoms with E-state index in [0.29, 0.717) is 5.92 Å². The number of nitriles is 1. The lowest BCUT2D eigenvalue weighted by molar-refractivity contribution is -0.140. The van der Waals surface area contributed by atoms with E-state index < -0.39 is 5.82 Å². The number of benzene rings is 1. The van der Waals surface area contributed by atoms with Crippen LogP contribution in [0.2, 0.25) is 0 Å². The molecule has 23 heavy (non-hydrogen) atoms. The van der Waals surface area contributed by atoms with E-state index in [1.807, 2.05) is 0 Å². The van der Waals surface area contributed by atoms with Gasteiger partial charge in [0, 0.05) is 6.07 Å². The van der Waals surface area contributed by atoms with Crippen LogP contribution < -0.4 is 4.74 Å². The smallest absolute Gasteiger partial charge is 0.314 e. The maximum atomic E-state index is 13.5. The van der Waals surface area contributed by atoms with Crippen LogP contribution in [0.1, 0.15) is 51.0 Å². The van der Waals surface area contributed by atoms with Crippen molar-refractivity contribution >= 4 is 5.97 Å². The Labute approximate surface area is 136 Å². The fourth-order valence-corrected chi connectivity index (χ4v) is 2.85. The van der Waals surface area contributed by atoms with Gasteiger partial charge in [-0.05, 0) is 50.2 Å². The van der Waals surface area contributed by atoms with E-state index >= 15 is 0 Å². The minimum Gasteiger partial charge on any atom is -0.426 e. The number of esters is 1. The van der Waals surface area contributed by atoms with Gasteiger partial charge in [-0.15, -0.1) is 0 Å². The van der Waals surface area contributed by atoms with E-state index in [1.165, 1.54) is 12.1 Å². The molecule has 0 radical (unpaired) electrons. The van der Waals surface area contributed by atoms with E-state index in [4.69, 9.17) is 10.00 Å². The van der Waals surface area contributed by atoms with Gasteiger partial charge in [-0.2, -0.15) is 5.26 Å². The number of hydrogen-bond donors (Lipinski definition) is 0. The second kappa shape index (κ2) is 8.47. The largest absolute Gasteiger partial charge is 0.426 e. The topological polar surface area (TPSA) is 50.1 Å². The van der Waals surface area contributed by atoms with Gasteiger partial charge in [0.1, 0.15) is 17.6 Å². The lowest BCUT2D eigenvalue weighted by atomic mass is 9.82. The molecular formula is C19H22FNO2. The Morgan fingerprint density at radius 3 is 2.74 bits per heavy atom. The molecule has 1 aliphatic carbocycles. The SMILES string of the molecule is CCC/C=C/C1CCC(C(=O)Oc2ccc(C#N)c(F)c2)CC1. The highest BCUT2D eigenvalue weighted by Gasteiger charge is 2.26. The molecule has 0 aliphatic heterocycles. The van der Waals surface area contributed by atoms with Crippen molar-refractivity contribution < 1.29 is 13.9 Å². The Hall–Kier alpha value is -2.15. The predicted octanol–water partition coefficient (Wildman–Crippen LogP) is 4.77. The molecule has 0 N–H and O–H groups in total. The van der Waals surface area contributed by atoms with Crippen molar-refractivity contribution in [2.24, 2.45) is 11.8 Å². The summed E-state index contributed by atoms with van der Waals surface area (Å²) in [5.74, 6) is -0.369. The number of carbonyl (C=O) groups excluding carboxylic acids is 1. The highest BCUT2D eigenvalue weighted by molar-refractivity contribution is 5.75. The predicted molar refractivity (Wildman–Crippen MR) is 86.2 cm³/mol. The number of carbonyl (C=O) groups is 1. The number of hydrogen-bond acceptors (Lipinski definition) is 3. The maximum Gasteiger partial charge on any atom is 0.314 e. The molecule has 1 aromatic rings. The summed E-state index contributed by atoms with van der Waals surface area (Å²) in [6.07, 6.45) is 10.3. The molecule has 0 spiro atoms. The Balaban J connectivity index is 1.86. The van der Waals surface area contributed by atoms with Crippen molar-refractivity contribution in [3.8, 4) is 11.8 Å². The fraction of sp³-hybridized carbons (Fsp3) is 0.474. The molecule has 1 aliphatic rings. The van der Waals surface area contributed by atoms with Gasteiger partial charge in [0.05, 0.1) is 11.5 Å². The zero-order chi connectivity index (χ0) is 16.7. The first-order valence-corrected chi connectivity index (χ1v) is 8.22. The normalized spacial score (nSPS) is 21.1. The van der Waals surface area contributed by atoms with Gasteiger partial charge in [-0.3, -0.25) is 4.79 Å². The molecule has 1 saturated carbocycles. The van der Waals surface area contributed by atoms with Gasteiger partial charge >= 0.3 is 5.97 Å². The van der Waals surface area contributed by atoms with Crippen molar-refractivity contribution in [1.82, 2.24) is 0 Å². The molecule has 0 amide bonds. The molecule has 1 aromatic carbocycles. The van der Waals surface area contributed by atoms with Gasteiger partial charge in [0.25, 0.3) is 0 Å². The summed E-state index contributed by atoms with van der Waals surface area (Å²) in [5.41, 5.74) is -0.0517. The van der Waals surface area contributed by atoms with E-state index in [-0.39, 0.29) is 23.2 Å². The molecule has 0 bridgehead atoms. The van der Waals surface area contributed by atoms with Crippen LogP contribution >= 0.6 is 0 Å². The van der Waals surface area contributed by atoms with Crippen molar-refractivity contribution in [2.75, 3.05) is 0 Å². The number of nitrogens with zero attached hydrogens (tertiary/aromatic N) is 1. The first-order chi connectivity index (χ1) is 11.1. The lowest BCUT2D eigenvalue weighted by Crippen LogP contribution is -2.25. The van der Waals surface area contributed by atoms with Crippen LogP contribution in [0.3, 0.4) is 0 Å². The number of allylic oxidation sites excluding steroid dienone is 2. The fourth-order valence-electron chi connectivity index (χ4n) is 2.85. The minimum absolute atomic E-state index is 0.0517. The number of rotatable bonds is 5.